The van der Waals surface area contributed by atoms with Crippen LogP contribution in [0.3, 0.4) is 0 Å². The summed E-state index contributed by atoms with van der Waals surface area (Å²) in [7, 11) is 0. The molecule has 0 atom stereocenters. The minimum absolute atomic E-state index is 0.108. The Morgan fingerprint density at radius 2 is 1.95 bits per heavy atom. The topological polar surface area (TPSA) is 59.4 Å². The third kappa shape index (κ3) is 2.67. The molecule has 114 valence electrons. The second-order valence-electron chi connectivity index (χ2n) is 4.55. The third-order valence-electron chi connectivity index (χ3n) is 2.98. The zero-order chi connectivity index (χ0) is 15.7. The minimum Gasteiger partial charge on any atom is -0.467 e. The van der Waals surface area contributed by atoms with E-state index in [1.807, 2.05) is 0 Å². The van der Waals surface area contributed by atoms with Crippen LogP contribution in [0.15, 0.2) is 47.7 Å². The van der Waals surface area contributed by atoms with Gasteiger partial charge < -0.3 is 9.72 Å². The van der Waals surface area contributed by atoms with Crippen LogP contribution in [0, 0.1) is 0 Å². The Labute approximate surface area is 122 Å². The Hall–Kier alpha value is -2.77. The quantitative estimate of drug-likeness (QED) is 0.809. The van der Waals surface area contributed by atoms with Crippen LogP contribution in [0.1, 0.15) is 0 Å². The number of halogens is 3. The van der Waals surface area contributed by atoms with Crippen molar-refractivity contribution in [1.29, 1.82) is 0 Å². The van der Waals surface area contributed by atoms with Crippen molar-refractivity contribution in [3.63, 3.8) is 0 Å². The minimum atomic E-state index is -4.49. The summed E-state index contributed by atoms with van der Waals surface area (Å²) in [6, 6.07) is 8.50. The molecule has 0 aliphatic rings. The maximum Gasteiger partial charge on any atom is 0.422 e. The van der Waals surface area contributed by atoms with Gasteiger partial charge in [0.1, 0.15) is 17.5 Å². The molecule has 1 aromatic carbocycles. The van der Waals surface area contributed by atoms with E-state index in [0.29, 0.717) is 5.56 Å². The van der Waals surface area contributed by atoms with Gasteiger partial charge in [-0.3, -0.25) is 9.20 Å². The largest absolute Gasteiger partial charge is 0.467 e. The Bertz CT molecular complexity index is 853. The number of hydrogen-bond acceptors (Lipinski definition) is 3. The van der Waals surface area contributed by atoms with Crippen LogP contribution in [-0.4, -0.2) is 27.2 Å². The molecular formula is C14H10F3N3O2. The number of fused-ring (bicyclic) bond motifs is 1. The third-order valence-corrected chi connectivity index (χ3v) is 2.98. The van der Waals surface area contributed by atoms with Gasteiger partial charge in [0.15, 0.2) is 6.61 Å². The first-order chi connectivity index (χ1) is 10.5. The van der Waals surface area contributed by atoms with Crippen LogP contribution in [0.2, 0.25) is 0 Å². The fourth-order valence-corrected chi connectivity index (χ4v) is 2.07. The molecule has 0 saturated heterocycles. The fraction of sp³-hybridized carbons (Fsp3) is 0.143. The molecule has 0 unspecified atom stereocenters. The van der Waals surface area contributed by atoms with Crippen LogP contribution in [0.5, 0.6) is 5.88 Å². The van der Waals surface area contributed by atoms with Crippen LogP contribution in [-0.2, 0) is 0 Å². The number of hydrogen-bond donors (Lipinski definition) is 1. The highest BCUT2D eigenvalue weighted by Gasteiger charge is 2.30. The first-order valence-electron chi connectivity index (χ1n) is 6.29. The van der Waals surface area contributed by atoms with E-state index in [2.05, 4.69) is 9.97 Å². The van der Waals surface area contributed by atoms with E-state index in [9.17, 15) is 18.0 Å². The van der Waals surface area contributed by atoms with Gasteiger partial charge in [-0.15, -0.1) is 0 Å². The van der Waals surface area contributed by atoms with E-state index < -0.39 is 18.3 Å². The van der Waals surface area contributed by atoms with Gasteiger partial charge in [0.2, 0.25) is 5.88 Å². The van der Waals surface area contributed by atoms with E-state index in [4.69, 9.17) is 4.74 Å². The molecule has 2 heterocycles. The molecule has 0 amide bonds. The zero-order valence-corrected chi connectivity index (χ0v) is 11.1. The molecule has 8 heteroatoms. The zero-order valence-electron chi connectivity index (χ0n) is 11.1. The molecule has 0 spiro atoms. The lowest BCUT2D eigenvalue weighted by Gasteiger charge is -2.14. The van der Waals surface area contributed by atoms with Gasteiger partial charge in [0.25, 0.3) is 5.56 Å². The summed E-state index contributed by atoms with van der Waals surface area (Å²) < 4.78 is 43.5. The summed E-state index contributed by atoms with van der Waals surface area (Å²) in [6.45, 7) is -1.47. The molecule has 0 fully saturated rings. The Morgan fingerprint density at radius 1 is 1.23 bits per heavy atom. The predicted molar refractivity (Wildman–Crippen MR) is 72.8 cm³/mol. The Balaban J connectivity index is 2.19. The number of aromatic nitrogens is 3. The average molecular weight is 309 g/mol. The summed E-state index contributed by atoms with van der Waals surface area (Å²) in [5.41, 5.74) is 0.347. The molecule has 0 radical (unpaired) electrons. The second-order valence-corrected chi connectivity index (χ2v) is 4.55. The first kappa shape index (κ1) is 14.2. The summed E-state index contributed by atoms with van der Waals surface area (Å²) in [5, 5.41) is 0. The fourth-order valence-electron chi connectivity index (χ4n) is 2.07. The number of rotatable bonds is 3. The van der Waals surface area contributed by atoms with Gasteiger partial charge in [0.05, 0.1) is 6.20 Å². The maximum absolute atomic E-state index is 12.5. The molecular weight excluding hydrogens is 299 g/mol. The van der Waals surface area contributed by atoms with Crippen LogP contribution >= 0.6 is 0 Å². The highest BCUT2D eigenvalue weighted by Crippen LogP contribution is 2.28. The monoisotopic (exact) mass is 309 g/mol. The molecule has 3 rings (SSSR count). The molecule has 22 heavy (non-hydrogen) atoms. The molecule has 0 aliphatic carbocycles. The van der Waals surface area contributed by atoms with Crippen molar-refractivity contribution in [2.24, 2.45) is 0 Å². The van der Waals surface area contributed by atoms with Crippen molar-refractivity contribution >= 4 is 5.52 Å². The SMILES string of the molecule is O=c1[nH]c(-c2ccccc2)c(OCC(F)(F)F)n2cncc12. The number of imidazole rings is 1. The van der Waals surface area contributed by atoms with Crippen molar-refractivity contribution in [3.8, 4) is 17.1 Å². The van der Waals surface area contributed by atoms with Crippen LogP contribution in [0.4, 0.5) is 13.2 Å². The lowest BCUT2D eigenvalue weighted by molar-refractivity contribution is -0.154. The molecule has 0 saturated carbocycles. The van der Waals surface area contributed by atoms with Crippen molar-refractivity contribution in [2.75, 3.05) is 6.61 Å². The molecule has 5 nitrogen and oxygen atoms in total. The van der Waals surface area contributed by atoms with Gasteiger partial charge in [-0.2, -0.15) is 13.2 Å². The highest BCUT2D eigenvalue weighted by molar-refractivity contribution is 5.67. The number of benzene rings is 1. The molecule has 2 aromatic heterocycles. The number of nitrogens with one attached hydrogen (secondary N) is 1. The van der Waals surface area contributed by atoms with Crippen molar-refractivity contribution in [2.45, 2.75) is 6.18 Å². The molecule has 0 bridgehead atoms. The summed E-state index contributed by atoms with van der Waals surface area (Å²) >= 11 is 0. The first-order valence-corrected chi connectivity index (χ1v) is 6.29. The van der Waals surface area contributed by atoms with Gasteiger partial charge in [0, 0.05) is 5.56 Å². The molecule has 3 aromatic rings. The van der Waals surface area contributed by atoms with Gasteiger partial charge in [-0.05, 0) is 0 Å². The Morgan fingerprint density at radius 3 is 2.64 bits per heavy atom. The summed E-state index contributed by atoms with van der Waals surface area (Å²) in [6.07, 6.45) is -1.99. The number of nitrogens with zero attached hydrogens (tertiary/aromatic N) is 2. The van der Waals surface area contributed by atoms with Gasteiger partial charge >= 0.3 is 6.18 Å². The van der Waals surface area contributed by atoms with E-state index in [0.717, 1.165) is 0 Å². The van der Waals surface area contributed by atoms with Crippen LogP contribution < -0.4 is 10.3 Å². The lowest BCUT2D eigenvalue weighted by Crippen LogP contribution is -2.22. The normalized spacial score (nSPS) is 11.8. The molecule has 1 N–H and O–H groups in total. The molecule has 0 aliphatic heterocycles. The van der Waals surface area contributed by atoms with E-state index in [-0.39, 0.29) is 17.1 Å². The van der Waals surface area contributed by atoms with Gasteiger partial charge in [-0.25, -0.2) is 4.98 Å². The number of ether oxygens (including phenoxy) is 1. The number of aromatic amines is 1. The predicted octanol–water partition coefficient (Wildman–Crippen LogP) is 2.63. The van der Waals surface area contributed by atoms with E-state index in [1.54, 1.807) is 30.3 Å². The van der Waals surface area contributed by atoms with Crippen molar-refractivity contribution in [3.05, 3.63) is 53.2 Å². The van der Waals surface area contributed by atoms with E-state index in [1.165, 1.54) is 16.9 Å². The highest BCUT2D eigenvalue weighted by atomic mass is 19.4. The average Bonchev–Trinajstić information content (AvgIpc) is 2.96. The van der Waals surface area contributed by atoms with Crippen LogP contribution in [0.25, 0.3) is 16.8 Å². The smallest absolute Gasteiger partial charge is 0.422 e. The summed E-state index contributed by atoms with van der Waals surface area (Å²) in [4.78, 5) is 18.3. The van der Waals surface area contributed by atoms with Crippen molar-refractivity contribution in [1.82, 2.24) is 14.4 Å². The number of alkyl halides is 3. The van der Waals surface area contributed by atoms with E-state index >= 15 is 0 Å². The second kappa shape index (κ2) is 5.21. The van der Waals surface area contributed by atoms with Crippen molar-refractivity contribution < 1.29 is 17.9 Å². The maximum atomic E-state index is 12.5. The summed E-state index contributed by atoms with van der Waals surface area (Å²) in [5.74, 6) is -0.115. The standard InChI is InChI=1S/C14H10F3N3O2/c15-14(16,17)7-22-13-11(9-4-2-1-3-5-9)19-12(21)10-6-18-8-20(10)13/h1-6,8H,7H2,(H,19,21). The van der Waals surface area contributed by atoms with Gasteiger partial charge in [-0.1, -0.05) is 30.3 Å². The Kier molecular flexibility index (Phi) is 3.36. The number of H-pyrrole nitrogens is 1. The lowest BCUT2D eigenvalue weighted by atomic mass is 10.1.